The second-order valence-corrected chi connectivity index (χ2v) is 7.17. The summed E-state index contributed by atoms with van der Waals surface area (Å²) >= 11 is 0. The van der Waals surface area contributed by atoms with Crippen LogP contribution in [0.2, 0.25) is 0 Å². The Kier molecular flexibility index (Phi) is 6.49. The van der Waals surface area contributed by atoms with Crippen molar-refractivity contribution in [2.45, 2.75) is 26.8 Å². The van der Waals surface area contributed by atoms with Gasteiger partial charge in [-0.3, -0.25) is 4.79 Å². The molecular weight excluding hydrogens is 368 g/mol. The molecule has 0 aliphatic carbocycles. The van der Waals surface area contributed by atoms with Crippen molar-refractivity contribution in [2.75, 3.05) is 13.7 Å². The van der Waals surface area contributed by atoms with Crippen LogP contribution < -0.4 is 14.8 Å². The van der Waals surface area contributed by atoms with Gasteiger partial charge in [0.1, 0.15) is 0 Å². The average molecular weight is 394 g/mol. The molecule has 29 heavy (non-hydrogen) atoms. The lowest BCUT2D eigenvalue weighted by Gasteiger charge is -2.17. The molecule has 1 heterocycles. The molecule has 7 nitrogen and oxygen atoms in total. The normalized spacial score (nSPS) is 11.9. The zero-order valence-electron chi connectivity index (χ0n) is 17.1. The summed E-state index contributed by atoms with van der Waals surface area (Å²) in [7, 11) is 1.60. The van der Waals surface area contributed by atoms with E-state index in [4.69, 9.17) is 9.47 Å². The van der Waals surface area contributed by atoms with Gasteiger partial charge in [-0.2, -0.15) is 9.90 Å². The summed E-state index contributed by atoms with van der Waals surface area (Å²) in [6.07, 6.45) is 1.46. The highest BCUT2D eigenvalue weighted by molar-refractivity contribution is 5.92. The van der Waals surface area contributed by atoms with Crippen molar-refractivity contribution >= 4 is 5.91 Å². The number of nitrogens with one attached hydrogen (secondary N) is 1. The number of nitrogens with zero attached hydrogens (tertiary/aromatic N) is 3. The number of amides is 1. The Morgan fingerprint density at radius 2 is 1.86 bits per heavy atom. The highest BCUT2D eigenvalue weighted by Crippen LogP contribution is 2.30. The topological polar surface area (TPSA) is 78.3 Å². The van der Waals surface area contributed by atoms with Gasteiger partial charge in [0.05, 0.1) is 31.6 Å². The molecular formula is C22H26N4O3. The minimum Gasteiger partial charge on any atom is -0.493 e. The maximum atomic E-state index is 12.6. The van der Waals surface area contributed by atoms with E-state index in [0.29, 0.717) is 24.0 Å². The molecule has 0 spiro atoms. The summed E-state index contributed by atoms with van der Waals surface area (Å²) in [5, 5.41) is 11.4. The third-order valence-electron chi connectivity index (χ3n) is 4.32. The highest BCUT2D eigenvalue weighted by atomic mass is 16.5. The summed E-state index contributed by atoms with van der Waals surface area (Å²) in [6.45, 7) is 6.70. The Balaban J connectivity index is 1.69. The second kappa shape index (κ2) is 9.23. The number of benzene rings is 2. The largest absolute Gasteiger partial charge is 0.493 e. The van der Waals surface area contributed by atoms with E-state index in [-0.39, 0.29) is 17.6 Å². The third-order valence-corrected chi connectivity index (χ3v) is 4.32. The summed E-state index contributed by atoms with van der Waals surface area (Å²) in [4.78, 5) is 14.0. The maximum Gasteiger partial charge on any atom is 0.273 e. The molecule has 0 saturated carbocycles. The molecule has 0 aliphatic rings. The quantitative estimate of drug-likeness (QED) is 0.629. The van der Waals surface area contributed by atoms with Crippen molar-refractivity contribution < 1.29 is 14.3 Å². The van der Waals surface area contributed by atoms with Crippen molar-refractivity contribution in [1.82, 2.24) is 20.3 Å². The molecule has 0 radical (unpaired) electrons. The fraction of sp³-hybridized carbons (Fsp3) is 0.318. The molecule has 7 heteroatoms. The van der Waals surface area contributed by atoms with E-state index >= 15 is 0 Å². The Morgan fingerprint density at radius 1 is 1.10 bits per heavy atom. The van der Waals surface area contributed by atoms with Crippen molar-refractivity contribution in [2.24, 2.45) is 5.92 Å². The molecule has 0 aliphatic heterocycles. The molecule has 1 N–H and O–H groups in total. The van der Waals surface area contributed by atoms with Crippen LogP contribution in [-0.2, 0) is 0 Å². The first-order valence-electron chi connectivity index (χ1n) is 9.57. The van der Waals surface area contributed by atoms with Gasteiger partial charge in [0, 0.05) is 0 Å². The zero-order valence-corrected chi connectivity index (χ0v) is 17.1. The fourth-order valence-electron chi connectivity index (χ4n) is 2.74. The molecule has 0 bridgehead atoms. The van der Waals surface area contributed by atoms with E-state index in [1.807, 2.05) is 55.5 Å². The minimum atomic E-state index is -0.293. The Labute approximate surface area is 170 Å². The molecule has 1 unspecified atom stereocenters. The van der Waals surface area contributed by atoms with Crippen LogP contribution in [0.4, 0.5) is 0 Å². The molecule has 3 aromatic rings. The van der Waals surface area contributed by atoms with E-state index in [0.717, 1.165) is 11.3 Å². The number of hydrogen-bond donors (Lipinski definition) is 1. The predicted molar refractivity (Wildman–Crippen MR) is 111 cm³/mol. The lowest BCUT2D eigenvalue weighted by molar-refractivity contribution is 0.0934. The number of para-hydroxylation sites is 1. The van der Waals surface area contributed by atoms with Crippen LogP contribution in [-0.4, -0.2) is 34.6 Å². The van der Waals surface area contributed by atoms with Gasteiger partial charge in [0.25, 0.3) is 5.91 Å². The Bertz CT molecular complexity index is 954. The molecule has 1 amide bonds. The summed E-state index contributed by atoms with van der Waals surface area (Å²) in [5.74, 6) is 1.45. The second-order valence-electron chi connectivity index (χ2n) is 7.17. The van der Waals surface area contributed by atoms with Gasteiger partial charge >= 0.3 is 0 Å². The lowest BCUT2D eigenvalue weighted by Crippen LogP contribution is -2.27. The minimum absolute atomic E-state index is 0.238. The van der Waals surface area contributed by atoms with Crippen LogP contribution in [0, 0.1) is 5.92 Å². The fourth-order valence-corrected chi connectivity index (χ4v) is 2.74. The first-order valence-corrected chi connectivity index (χ1v) is 9.57. The van der Waals surface area contributed by atoms with Crippen LogP contribution in [0.3, 0.4) is 0 Å². The summed E-state index contributed by atoms with van der Waals surface area (Å²) < 4.78 is 11.2. The van der Waals surface area contributed by atoms with Gasteiger partial charge in [-0.25, -0.2) is 0 Å². The van der Waals surface area contributed by atoms with Gasteiger partial charge in [0.2, 0.25) is 0 Å². The average Bonchev–Trinajstić information content (AvgIpc) is 3.23. The summed E-state index contributed by atoms with van der Waals surface area (Å²) in [6, 6.07) is 14.9. The van der Waals surface area contributed by atoms with Gasteiger partial charge in [-0.05, 0) is 42.7 Å². The van der Waals surface area contributed by atoms with E-state index in [2.05, 4.69) is 29.4 Å². The molecule has 1 atom stereocenters. The zero-order chi connectivity index (χ0) is 20.8. The van der Waals surface area contributed by atoms with Crippen LogP contribution in [0.1, 0.15) is 42.9 Å². The van der Waals surface area contributed by atoms with Gasteiger partial charge in [0.15, 0.2) is 17.2 Å². The van der Waals surface area contributed by atoms with Crippen LogP contribution in [0.25, 0.3) is 5.69 Å². The SMILES string of the molecule is COc1cc(C(C)NC(=O)c2cnn(-c3ccccc3)n2)ccc1OCC(C)C. The Morgan fingerprint density at radius 3 is 2.55 bits per heavy atom. The maximum absolute atomic E-state index is 12.6. The number of rotatable bonds is 8. The first-order chi connectivity index (χ1) is 14.0. The third kappa shape index (κ3) is 5.13. The highest BCUT2D eigenvalue weighted by Gasteiger charge is 2.17. The summed E-state index contributed by atoms with van der Waals surface area (Å²) in [5.41, 5.74) is 1.95. The number of ether oxygens (including phenoxy) is 2. The molecule has 3 rings (SSSR count). The van der Waals surface area contributed by atoms with Crippen LogP contribution >= 0.6 is 0 Å². The van der Waals surface area contributed by atoms with Crippen LogP contribution in [0.15, 0.2) is 54.7 Å². The standard InChI is InChI=1S/C22H26N4O3/c1-15(2)14-29-20-11-10-17(12-21(20)28-4)16(3)24-22(27)19-13-23-26(25-19)18-8-6-5-7-9-18/h5-13,15-16H,14H2,1-4H3,(H,24,27). The van der Waals surface area contributed by atoms with Crippen molar-refractivity contribution in [3.63, 3.8) is 0 Å². The Hall–Kier alpha value is -3.35. The predicted octanol–water partition coefficient (Wildman–Crippen LogP) is 3.80. The van der Waals surface area contributed by atoms with E-state index in [9.17, 15) is 4.79 Å². The molecule has 2 aromatic carbocycles. The number of hydrogen-bond acceptors (Lipinski definition) is 5. The van der Waals surface area contributed by atoms with Crippen molar-refractivity contribution in [1.29, 1.82) is 0 Å². The van der Waals surface area contributed by atoms with Gasteiger partial charge in [-0.15, -0.1) is 5.10 Å². The van der Waals surface area contributed by atoms with Crippen molar-refractivity contribution in [3.8, 4) is 17.2 Å². The van der Waals surface area contributed by atoms with Gasteiger partial charge < -0.3 is 14.8 Å². The smallest absolute Gasteiger partial charge is 0.273 e. The van der Waals surface area contributed by atoms with Gasteiger partial charge in [-0.1, -0.05) is 38.1 Å². The number of aromatic nitrogens is 3. The van der Waals surface area contributed by atoms with Crippen LogP contribution in [0.5, 0.6) is 11.5 Å². The first kappa shape index (κ1) is 20.4. The number of carbonyl (C=O) groups excluding carboxylic acids is 1. The van der Waals surface area contributed by atoms with E-state index in [1.165, 1.54) is 11.0 Å². The molecule has 0 fully saturated rings. The monoisotopic (exact) mass is 394 g/mol. The van der Waals surface area contributed by atoms with Crippen molar-refractivity contribution in [3.05, 3.63) is 66.0 Å². The molecule has 1 aromatic heterocycles. The number of methoxy groups -OCH3 is 1. The molecule has 0 saturated heterocycles. The molecule has 152 valence electrons. The van der Waals surface area contributed by atoms with E-state index in [1.54, 1.807) is 7.11 Å². The lowest BCUT2D eigenvalue weighted by atomic mass is 10.1. The van der Waals surface area contributed by atoms with E-state index < -0.39 is 0 Å². The number of carbonyl (C=O) groups is 1.